The summed E-state index contributed by atoms with van der Waals surface area (Å²) in [5.41, 5.74) is -0.353. The molecule has 1 fully saturated rings. The van der Waals surface area contributed by atoms with E-state index in [4.69, 9.17) is 9.15 Å². The van der Waals surface area contributed by atoms with Gasteiger partial charge in [0.25, 0.3) is 0 Å². The SMILES string of the molecule is FC(F)(F)c1ccc2nc(Nc3ncc(N4CCOCC4)s3)oc2c1. The van der Waals surface area contributed by atoms with Crippen molar-refractivity contribution in [3.05, 3.63) is 30.0 Å². The number of fused-ring (bicyclic) bond motifs is 1. The maximum atomic E-state index is 12.7. The molecule has 0 unspecified atom stereocenters. The molecule has 1 N–H and O–H groups in total. The van der Waals surface area contributed by atoms with Gasteiger partial charge in [0.2, 0.25) is 0 Å². The maximum Gasteiger partial charge on any atom is 0.416 e. The van der Waals surface area contributed by atoms with Gasteiger partial charge in [0.15, 0.2) is 10.7 Å². The fourth-order valence-corrected chi connectivity index (χ4v) is 3.36. The van der Waals surface area contributed by atoms with Gasteiger partial charge in [-0.2, -0.15) is 18.2 Å². The van der Waals surface area contributed by atoms with Gasteiger partial charge in [-0.1, -0.05) is 11.3 Å². The molecule has 132 valence electrons. The topological polar surface area (TPSA) is 63.4 Å². The first-order valence-electron chi connectivity index (χ1n) is 7.52. The molecule has 25 heavy (non-hydrogen) atoms. The number of hydrogen-bond acceptors (Lipinski definition) is 7. The molecular formula is C15H13F3N4O2S. The normalized spacial score (nSPS) is 15.7. The molecule has 4 rings (SSSR count). The predicted octanol–water partition coefficient (Wildman–Crippen LogP) is 3.88. The summed E-state index contributed by atoms with van der Waals surface area (Å²) in [6, 6.07) is 3.31. The molecule has 0 saturated carbocycles. The molecule has 6 nitrogen and oxygen atoms in total. The van der Waals surface area contributed by atoms with Crippen molar-refractivity contribution in [2.75, 3.05) is 36.5 Å². The van der Waals surface area contributed by atoms with Gasteiger partial charge in [-0.25, -0.2) is 4.98 Å². The minimum Gasteiger partial charge on any atom is -0.423 e. The number of thiazole rings is 1. The van der Waals surface area contributed by atoms with E-state index in [1.807, 2.05) is 0 Å². The number of rotatable bonds is 3. The average Bonchev–Trinajstić information content (AvgIpc) is 3.20. The molecule has 2 aromatic heterocycles. The summed E-state index contributed by atoms with van der Waals surface area (Å²) in [5, 5.41) is 4.45. The minimum atomic E-state index is -4.42. The smallest absolute Gasteiger partial charge is 0.416 e. The number of halogens is 3. The third kappa shape index (κ3) is 3.40. The summed E-state index contributed by atoms with van der Waals surface area (Å²) in [5.74, 6) is 0. The van der Waals surface area contributed by atoms with Crippen LogP contribution in [0.2, 0.25) is 0 Å². The van der Waals surface area contributed by atoms with E-state index >= 15 is 0 Å². The maximum absolute atomic E-state index is 12.7. The standard InChI is InChI=1S/C15H13F3N4O2S/c16-15(17,18)9-1-2-10-11(7-9)24-13(20-10)21-14-19-8-12(25-14)22-3-5-23-6-4-22/h1-2,7-8H,3-6H2,(H,19,20,21). The number of aromatic nitrogens is 2. The molecule has 1 aromatic carbocycles. The fraction of sp³-hybridized carbons (Fsp3) is 0.333. The second kappa shape index (κ2) is 6.19. The molecule has 3 heterocycles. The van der Waals surface area contributed by atoms with E-state index in [0.29, 0.717) is 23.9 Å². The number of morpholine rings is 1. The lowest BCUT2D eigenvalue weighted by Gasteiger charge is -2.26. The van der Waals surface area contributed by atoms with E-state index in [1.54, 1.807) is 6.20 Å². The Hall–Kier alpha value is -2.33. The fourth-order valence-electron chi connectivity index (χ4n) is 2.50. The molecule has 0 spiro atoms. The van der Waals surface area contributed by atoms with Crippen LogP contribution in [0.15, 0.2) is 28.8 Å². The molecule has 10 heteroatoms. The lowest BCUT2D eigenvalue weighted by Crippen LogP contribution is -2.35. The lowest BCUT2D eigenvalue weighted by molar-refractivity contribution is -0.137. The molecule has 0 aliphatic carbocycles. The molecule has 1 aliphatic heterocycles. The Balaban J connectivity index is 1.53. The summed E-state index contributed by atoms with van der Waals surface area (Å²) >= 11 is 1.42. The van der Waals surface area contributed by atoms with Gasteiger partial charge in [0.05, 0.1) is 25.0 Å². The molecule has 1 saturated heterocycles. The largest absolute Gasteiger partial charge is 0.423 e. The van der Waals surface area contributed by atoms with Crippen LogP contribution in [0.1, 0.15) is 5.56 Å². The van der Waals surface area contributed by atoms with Crippen LogP contribution in [-0.4, -0.2) is 36.3 Å². The number of benzene rings is 1. The van der Waals surface area contributed by atoms with E-state index in [0.717, 1.165) is 30.2 Å². The first kappa shape index (κ1) is 16.2. The van der Waals surface area contributed by atoms with Crippen LogP contribution in [0.5, 0.6) is 0 Å². The lowest BCUT2D eigenvalue weighted by atomic mass is 10.2. The number of hydrogen-bond donors (Lipinski definition) is 1. The Bertz CT molecular complexity index is 886. The summed E-state index contributed by atoms with van der Waals surface area (Å²) in [6.45, 7) is 2.94. The van der Waals surface area contributed by atoms with Crippen LogP contribution >= 0.6 is 11.3 Å². The Morgan fingerprint density at radius 2 is 2.00 bits per heavy atom. The minimum absolute atomic E-state index is 0.0716. The summed E-state index contributed by atoms with van der Waals surface area (Å²) in [6.07, 6.45) is -2.68. The second-order valence-corrected chi connectivity index (χ2v) is 6.44. The monoisotopic (exact) mass is 370 g/mol. The number of alkyl halides is 3. The Labute approximate surface area is 144 Å². The average molecular weight is 370 g/mol. The predicted molar refractivity (Wildman–Crippen MR) is 87.4 cm³/mol. The van der Waals surface area contributed by atoms with Gasteiger partial charge in [-0.3, -0.25) is 5.32 Å². The van der Waals surface area contributed by atoms with Crippen LogP contribution < -0.4 is 10.2 Å². The number of ether oxygens (including phenoxy) is 1. The third-order valence-electron chi connectivity index (χ3n) is 3.75. The Morgan fingerprint density at radius 1 is 1.20 bits per heavy atom. The highest BCUT2D eigenvalue weighted by atomic mass is 32.1. The molecule has 3 aromatic rings. The number of anilines is 3. The number of nitrogens with zero attached hydrogens (tertiary/aromatic N) is 3. The van der Waals surface area contributed by atoms with E-state index in [1.165, 1.54) is 17.4 Å². The van der Waals surface area contributed by atoms with Crippen LogP contribution in [-0.2, 0) is 10.9 Å². The van der Waals surface area contributed by atoms with E-state index in [9.17, 15) is 13.2 Å². The highest BCUT2D eigenvalue weighted by molar-refractivity contribution is 7.19. The van der Waals surface area contributed by atoms with Gasteiger partial charge in [-0.05, 0) is 18.2 Å². The van der Waals surface area contributed by atoms with Crippen LogP contribution in [0.25, 0.3) is 11.1 Å². The van der Waals surface area contributed by atoms with Crippen molar-refractivity contribution in [1.82, 2.24) is 9.97 Å². The first-order valence-corrected chi connectivity index (χ1v) is 8.34. The highest BCUT2D eigenvalue weighted by Crippen LogP contribution is 2.33. The van der Waals surface area contributed by atoms with E-state index in [2.05, 4.69) is 20.2 Å². The zero-order chi connectivity index (χ0) is 17.4. The summed E-state index contributed by atoms with van der Waals surface area (Å²) in [4.78, 5) is 10.6. The third-order valence-corrected chi connectivity index (χ3v) is 4.72. The van der Waals surface area contributed by atoms with Gasteiger partial charge in [0, 0.05) is 13.1 Å². The van der Waals surface area contributed by atoms with Crippen molar-refractivity contribution in [3.8, 4) is 0 Å². The van der Waals surface area contributed by atoms with Gasteiger partial charge in [-0.15, -0.1) is 0 Å². The summed E-state index contributed by atoms with van der Waals surface area (Å²) in [7, 11) is 0. The second-order valence-electron chi connectivity index (χ2n) is 5.43. The quantitative estimate of drug-likeness (QED) is 0.755. The molecule has 0 amide bonds. The van der Waals surface area contributed by atoms with Crippen molar-refractivity contribution in [2.24, 2.45) is 0 Å². The van der Waals surface area contributed by atoms with Gasteiger partial charge in [0.1, 0.15) is 10.5 Å². The highest BCUT2D eigenvalue weighted by Gasteiger charge is 2.31. The van der Waals surface area contributed by atoms with Crippen molar-refractivity contribution in [1.29, 1.82) is 0 Å². The molecule has 1 aliphatic rings. The van der Waals surface area contributed by atoms with Crippen LogP contribution in [0.3, 0.4) is 0 Å². The zero-order valence-electron chi connectivity index (χ0n) is 12.8. The van der Waals surface area contributed by atoms with Crippen molar-refractivity contribution >= 4 is 38.6 Å². The molecular weight excluding hydrogens is 357 g/mol. The zero-order valence-corrected chi connectivity index (χ0v) is 13.7. The van der Waals surface area contributed by atoms with E-state index in [-0.39, 0.29) is 11.6 Å². The first-order chi connectivity index (χ1) is 12.0. The van der Waals surface area contributed by atoms with Gasteiger partial charge < -0.3 is 14.1 Å². The molecule has 0 atom stereocenters. The molecule has 0 radical (unpaired) electrons. The van der Waals surface area contributed by atoms with E-state index < -0.39 is 11.7 Å². The van der Waals surface area contributed by atoms with Crippen molar-refractivity contribution < 1.29 is 22.3 Å². The Kier molecular flexibility index (Phi) is 4.00. The van der Waals surface area contributed by atoms with Crippen molar-refractivity contribution in [2.45, 2.75) is 6.18 Å². The van der Waals surface area contributed by atoms with Crippen molar-refractivity contribution in [3.63, 3.8) is 0 Å². The number of oxazole rings is 1. The van der Waals surface area contributed by atoms with Crippen LogP contribution in [0, 0.1) is 0 Å². The van der Waals surface area contributed by atoms with Crippen LogP contribution in [0.4, 0.5) is 29.3 Å². The Morgan fingerprint density at radius 3 is 2.76 bits per heavy atom. The summed E-state index contributed by atoms with van der Waals surface area (Å²) < 4.78 is 48.9. The van der Waals surface area contributed by atoms with Gasteiger partial charge >= 0.3 is 12.2 Å². The molecule has 0 bridgehead atoms. The number of nitrogens with one attached hydrogen (secondary N) is 1.